The van der Waals surface area contributed by atoms with E-state index in [9.17, 15) is 4.79 Å². The lowest BCUT2D eigenvalue weighted by atomic mass is 10.1. The maximum Gasteiger partial charge on any atom is 0.258 e. The molecule has 0 unspecified atom stereocenters. The third-order valence-electron chi connectivity index (χ3n) is 2.74. The van der Waals surface area contributed by atoms with Crippen molar-refractivity contribution in [2.75, 3.05) is 5.32 Å². The number of halogens is 3. The molecule has 1 amide bonds. The van der Waals surface area contributed by atoms with Gasteiger partial charge in [0.05, 0.1) is 5.56 Å². The van der Waals surface area contributed by atoms with Gasteiger partial charge in [0, 0.05) is 20.8 Å². The van der Waals surface area contributed by atoms with Crippen molar-refractivity contribution >= 4 is 55.1 Å². The predicted octanol–water partition coefficient (Wildman–Crippen LogP) is 5.13. The molecule has 1 aromatic heterocycles. The second kappa shape index (κ2) is 6.24. The first-order chi connectivity index (χ1) is 9.38. The average molecular weight is 419 g/mol. The molecule has 2 rings (SSSR count). The van der Waals surface area contributed by atoms with Crippen molar-refractivity contribution in [3.63, 3.8) is 0 Å². The molecule has 20 heavy (non-hydrogen) atoms. The van der Waals surface area contributed by atoms with Crippen molar-refractivity contribution in [3.8, 4) is 0 Å². The molecule has 0 aliphatic rings. The summed E-state index contributed by atoms with van der Waals surface area (Å²) in [6.45, 7) is 3.95. The van der Waals surface area contributed by atoms with Gasteiger partial charge in [0.15, 0.2) is 0 Å². The summed E-state index contributed by atoms with van der Waals surface area (Å²) in [5.74, 6) is -0.287. The number of aryl methyl sites for hydroxylation is 2. The van der Waals surface area contributed by atoms with E-state index in [1.807, 2.05) is 26.0 Å². The molecule has 0 atom stereocenters. The molecule has 1 heterocycles. The van der Waals surface area contributed by atoms with Crippen molar-refractivity contribution in [1.82, 2.24) is 4.98 Å². The Morgan fingerprint density at radius 1 is 1.20 bits per heavy atom. The number of anilines is 1. The van der Waals surface area contributed by atoms with Gasteiger partial charge in [-0.25, -0.2) is 4.98 Å². The van der Waals surface area contributed by atoms with Gasteiger partial charge in [-0.05, 0) is 59.1 Å². The first-order valence-corrected chi connectivity index (χ1v) is 7.74. The fourth-order valence-electron chi connectivity index (χ4n) is 1.80. The molecule has 3 nitrogen and oxygen atoms in total. The minimum atomic E-state index is -0.287. The highest BCUT2D eigenvalue weighted by molar-refractivity contribution is 9.10. The van der Waals surface area contributed by atoms with Gasteiger partial charge in [0.2, 0.25) is 0 Å². The smallest absolute Gasteiger partial charge is 0.258 e. The Kier molecular flexibility index (Phi) is 4.83. The molecule has 0 spiro atoms. The summed E-state index contributed by atoms with van der Waals surface area (Å²) >= 11 is 12.7. The van der Waals surface area contributed by atoms with Crippen molar-refractivity contribution < 1.29 is 4.79 Å². The van der Waals surface area contributed by atoms with Gasteiger partial charge >= 0.3 is 0 Å². The highest BCUT2D eigenvalue weighted by Gasteiger charge is 2.13. The number of nitrogens with zero attached hydrogens (tertiary/aromatic N) is 1. The van der Waals surface area contributed by atoms with Gasteiger partial charge in [0.1, 0.15) is 5.15 Å². The molecule has 1 aromatic carbocycles. The summed E-state index contributed by atoms with van der Waals surface area (Å²) in [6, 6.07) is 5.44. The summed E-state index contributed by atoms with van der Waals surface area (Å²) in [4.78, 5) is 16.2. The van der Waals surface area contributed by atoms with E-state index >= 15 is 0 Å². The van der Waals surface area contributed by atoms with Crippen molar-refractivity contribution in [1.29, 1.82) is 0 Å². The Morgan fingerprint density at radius 2 is 1.80 bits per heavy atom. The molecule has 0 saturated heterocycles. The second-order valence-corrected chi connectivity index (χ2v) is 6.44. The zero-order valence-electron chi connectivity index (χ0n) is 10.8. The third-order valence-corrected chi connectivity index (χ3v) is 4.73. The first kappa shape index (κ1) is 15.5. The highest BCUT2D eigenvalue weighted by Crippen LogP contribution is 2.26. The Labute approximate surface area is 139 Å². The quantitative estimate of drug-likeness (QED) is 0.687. The first-order valence-electron chi connectivity index (χ1n) is 5.77. The fourth-order valence-corrected chi connectivity index (χ4v) is 2.55. The van der Waals surface area contributed by atoms with Gasteiger partial charge in [0.25, 0.3) is 5.91 Å². The molecule has 0 bridgehead atoms. The molecule has 0 radical (unpaired) electrons. The molecule has 0 aliphatic heterocycles. The number of nitrogens with one attached hydrogen (secondary N) is 1. The van der Waals surface area contributed by atoms with E-state index in [0.717, 1.165) is 21.3 Å². The van der Waals surface area contributed by atoms with Crippen LogP contribution in [0.25, 0.3) is 0 Å². The lowest BCUT2D eigenvalue weighted by Crippen LogP contribution is -2.13. The number of aromatic nitrogens is 1. The maximum atomic E-state index is 12.2. The van der Waals surface area contributed by atoms with E-state index in [1.165, 1.54) is 0 Å². The SMILES string of the molecule is Cc1cc(NC(=O)c2cc(Br)cnc2Cl)cc(C)c1Br. The largest absolute Gasteiger partial charge is 0.322 e. The topological polar surface area (TPSA) is 42.0 Å². The fraction of sp³-hybridized carbons (Fsp3) is 0.143. The average Bonchev–Trinajstić information content (AvgIpc) is 2.38. The van der Waals surface area contributed by atoms with Gasteiger partial charge in [-0.3, -0.25) is 4.79 Å². The summed E-state index contributed by atoms with van der Waals surface area (Å²) in [5.41, 5.74) is 3.17. The van der Waals surface area contributed by atoms with Crippen LogP contribution >= 0.6 is 43.5 Å². The maximum absolute atomic E-state index is 12.2. The molecule has 2 aromatic rings. The van der Waals surface area contributed by atoms with Crippen LogP contribution in [0.15, 0.2) is 33.3 Å². The zero-order chi connectivity index (χ0) is 14.9. The highest BCUT2D eigenvalue weighted by atomic mass is 79.9. The van der Waals surface area contributed by atoms with Gasteiger partial charge in [-0.1, -0.05) is 27.5 Å². The molecular weight excluding hydrogens is 407 g/mol. The molecule has 0 aliphatic carbocycles. The Hall–Kier alpha value is -0.910. The van der Waals surface area contributed by atoms with Crippen LogP contribution in [0.1, 0.15) is 21.5 Å². The molecular formula is C14H11Br2ClN2O. The Bertz CT molecular complexity index is 666. The normalized spacial score (nSPS) is 10.4. The lowest BCUT2D eigenvalue weighted by molar-refractivity contribution is 0.102. The lowest BCUT2D eigenvalue weighted by Gasteiger charge is -2.10. The van der Waals surface area contributed by atoms with Crippen LogP contribution in [0.4, 0.5) is 5.69 Å². The van der Waals surface area contributed by atoms with E-state index in [1.54, 1.807) is 12.3 Å². The summed E-state index contributed by atoms with van der Waals surface area (Å²) in [6.07, 6.45) is 1.55. The number of hydrogen-bond donors (Lipinski definition) is 1. The van der Waals surface area contributed by atoms with Crippen molar-refractivity contribution in [3.05, 3.63) is 55.2 Å². The predicted molar refractivity (Wildman–Crippen MR) is 88.5 cm³/mol. The molecule has 104 valence electrons. The van der Waals surface area contributed by atoms with Crippen LogP contribution < -0.4 is 5.32 Å². The van der Waals surface area contributed by atoms with E-state index in [4.69, 9.17) is 11.6 Å². The molecule has 1 N–H and O–H groups in total. The number of pyridine rings is 1. The van der Waals surface area contributed by atoms with Crippen LogP contribution in [0.2, 0.25) is 5.15 Å². The second-order valence-electron chi connectivity index (χ2n) is 4.37. The van der Waals surface area contributed by atoms with E-state index in [2.05, 4.69) is 42.2 Å². The number of rotatable bonds is 2. The monoisotopic (exact) mass is 416 g/mol. The molecule has 0 saturated carbocycles. The van der Waals surface area contributed by atoms with Crippen LogP contribution in [-0.4, -0.2) is 10.9 Å². The third kappa shape index (κ3) is 3.40. The van der Waals surface area contributed by atoms with Crippen molar-refractivity contribution in [2.24, 2.45) is 0 Å². The number of amides is 1. The van der Waals surface area contributed by atoms with Gasteiger partial charge in [-0.2, -0.15) is 0 Å². The van der Waals surface area contributed by atoms with Crippen LogP contribution in [0, 0.1) is 13.8 Å². The van der Waals surface area contributed by atoms with E-state index in [-0.39, 0.29) is 11.1 Å². The van der Waals surface area contributed by atoms with Crippen LogP contribution in [0.3, 0.4) is 0 Å². The summed E-state index contributed by atoms with van der Waals surface area (Å²) < 4.78 is 1.74. The summed E-state index contributed by atoms with van der Waals surface area (Å²) in [7, 11) is 0. The number of carbonyl (C=O) groups is 1. The Morgan fingerprint density at radius 3 is 2.40 bits per heavy atom. The standard InChI is InChI=1S/C14H11Br2ClN2O/c1-7-3-10(4-8(2)12(7)16)19-14(20)11-5-9(15)6-18-13(11)17/h3-6H,1-2H3,(H,19,20). The molecule has 0 fully saturated rings. The summed E-state index contributed by atoms with van der Waals surface area (Å²) in [5, 5.41) is 3.01. The van der Waals surface area contributed by atoms with Crippen LogP contribution in [-0.2, 0) is 0 Å². The van der Waals surface area contributed by atoms with Gasteiger partial charge in [-0.15, -0.1) is 0 Å². The van der Waals surface area contributed by atoms with Crippen molar-refractivity contribution in [2.45, 2.75) is 13.8 Å². The van der Waals surface area contributed by atoms with Gasteiger partial charge < -0.3 is 5.32 Å². The minimum absolute atomic E-state index is 0.177. The van der Waals surface area contributed by atoms with E-state index in [0.29, 0.717) is 10.0 Å². The Balaban J connectivity index is 2.30. The number of carbonyl (C=O) groups excluding carboxylic acids is 1. The van der Waals surface area contributed by atoms with E-state index < -0.39 is 0 Å². The molecule has 6 heteroatoms. The minimum Gasteiger partial charge on any atom is -0.322 e. The number of benzene rings is 1. The number of hydrogen-bond acceptors (Lipinski definition) is 2. The van der Waals surface area contributed by atoms with Crippen LogP contribution in [0.5, 0.6) is 0 Å². The zero-order valence-corrected chi connectivity index (χ0v) is 14.7.